The summed E-state index contributed by atoms with van der Waals surface area (Å²) in [5.74, 6) is -1.62. The van der Waals surface area contributed by atoms with Crippen LogP contribution in [0.2, 0.25) is 0 Å². The van der Waals surface area contributed by atoms with E-state index in [-0.39, 0.29) is 53.8 Å². The first-order valence-electron chi connectivity index (χ1n) is 19.2. The van der Waals surface area contributed by atoms with Crippen molar-refractivity contribution in [2.75, 3.05) is 34.9 Å². The van der Waals surface area contributed by atoms with Crippen molar-refractivity contribution in [3.05, 3.63) is 35.9 Å². The highest BCUT2D eigenvalue weighted by molar-refractivity contribution is 5.90. The van der Waals surface area contributed by atoms with E-state index < -0.39 is 48.4 Å². The Bertz CT molecular complexity index is 1260. The molecule has 12 nitrogen and oxygen atoms in total. The number of rotatable bonds is 20. The predicted molar refractivity (Wildman–Crippen MR) is 204 cm³/mol. The average Bonchev–Trinajstić information content (AvgIpc) is 3.13. The molecule has 0 saturated carbocycles. The lowest BCUT2D eigenvalue weighted by Gasteiger charge is -2.43. The van der Waals surface area contributed by atoms with E-state index in [4.69, 9.17) is 9.47 Å². The Morgan fingerprint density at radius 1 is 0.904 bits per heavy atom. The minimum Gasteiger partial charge on any atom is -0.386 e. The molecule has 0 spiro atoms. The molecule has 1 aromatic carbocycles. The quantitative estimate of drug-likeness (QED) is 0.158. The van der Waals surface area contributed by atoms with Crippen molar-refractivity contribution in [1.82, 2.24) is 25.8 Å². The minimum atomic E-state index is -0.877. The van der Waals surface area contributed by atoms with Gasteiger partial charge in [-0.1, -0.05) is 85.2 Å². The summed E-state index contributed by atoms with van der Waals surface area (Å²) < 4.78 is 12.0. The summed E-state index contributed by atoms with van der Waals surface area (Å²) in [5, 5.41) is 19.9. The van der Waals surface area contributed by atoms with Gasteiger partial charge in [-0.2, -0.15) is 0 Å². The fourth-order valence-corrected chi connectivity index (χ4v) is 7.59. The Morgan fingerprint density at radius 3 is 2.04 bits per heavy atom. The van der Waals surface area contributed by atoms with E-state index in [2.05, 4.69) is 16.0 Å². The van der Waals surface area contributed by atoms with Gasteiger partial charge in [0.15, 0.2) is 0 Å². The van der Waals surface area contributed by atoms with E-state index in [1.807, 2.05) is 76.8 Å². The topological polar surface area (TPSA) is 150 Å². The van der Waals surface area contributed by atoms with Crippen LogP contribution in [0.3, 0.4) is 0 Å². The molecule has 4 amide bonds. The van der Waals surface area contributed by atoms with E-state index in [0.717, 1.165) is 19.3 Å². The normalized spacial score (nSPS) is 20.2. The number of nitrogens with zero attached hydrogens (tertiary/aromatic N) is 2. The molecule has 10 atom stereocenters. The summed E-state index contributed by atoms with van der Waals surface area (Å²) in [6.45, 7) is 15.9. The summed E-state index contributed by atoms with van der Waals surface area (Å²) in [6.07, 6.45) is 1.09. The number of aliphatic hydroxyl groups excluding tert-OH is 1. The first kappa shape index (κ1) is 45.1. The van der Waals surface area contributed by atoms with Gasteiger partial charge in [0, 0.05) is 27.8 Å². The van der Waals surface area contributed by atoms with Crippen molar-refractivity contribution in [3.63, 3.8) is 0 Å². The molecule has 10 unspecified atom stereocenters. The lowest BCUT2D eigenvalue weighted by Crippen LogP contribution is -2.60. The third-order valence-corrected chi connectivity index (χ3v) is 11.0. The molecule has 1 aliphatic rings. The second-order valence-electron chi connectivity index (χ2n) is 15.3. The second kappa shape index (κ2) is 21.6. The Hall–Kier alpha value is -3.06. The fourth-order valence-electron chi connectivity index (χ4n) is 7.59. The number of piperidine rings is 1. The molecule has 1 fully saturated rings. The summed E-state index contributed by atoms with van der Waals surface area (Å²) in [4.78, 5) is 58.7. The second-order valence-corrected chi connectivity index (χ2v) is 15.3. The molecular weight excluding hydrogens is 662 g/mol. The molecule has 0 bridgehead atoms. The van der Waals surface area contributed by atoms with Crippen molar-refractivity contribution in [1.29, 1.82) is 0 Å². The van der Waals surface area contributed by atoms with Crippen molar-refractivity contribution in [3.8, 4) is 0 Å². The Balaban J connectivity index is 2.28. The molecule has 12 heteroatoms. The van der Waals surface area contributed by atoms with Gasteiger partial charge in [0.2, 0.25) is 23.6 Å². The number of amides is 4. The molecule has 1 aromatic rings. The number of hydrogen-bond acceptors (Lipinski definition) is 8. The zero-order chi connectivity index (χ0) is 39.3. The van der Waals surface area contributed by atoms with Gasteiger partial charge >= 0.3 is 0 Å². The first-order chi connectivity index (χ1) is 24.5. The number of benzene rings is 1. The number of likely N-dealkylation sites (tertiary alicyclic amines) is 1. The molecule has 0 aromatic heterocycles. The number of nitrogens with one attached hydrogen (secondary N) is 3. The summed E-state index contributed by atoms with van der Waals surface area (Å²) in [7, 11) is 6.60. The maximum Gasteiger partial charge on any atom is 0.245 e. The van der Waals surface area contributed by atoms with Crippen LogP contribution in [0, 0.1) is 23.7 Å². The number of aliphatic hydroxyl groups is 1. The third kappa shape index (κ3) is 11.7. The molecule has 4 N–H and O–H groups in total. The molecule has 0 radical (unpaired) electrons. The van der Waals surface area contributed by atoms with Crippen LogP contribution in [0.15, 0.2) is 30.3 Å². The van der Waals surface area contributed by atoms with Crippen LogP contribution in [-0.4, -0.2) is 116 Å². The standard InChI is InChI=1S/C40H69N5O7/c1-13-26(6)35(44(10)40(50)34(25(4)5)43-39(49)33(41-9)24(2)3)31(51-11)23-32(46)45-22-18-17-21-30(45)37(52-12)27(7)38(48)42-28(8)36(47)29-19-15-14-16-20-29/h14-16,19-20,24-28,30-31,33-37,41,47H,13,17-18,21-23H2,1-12H3,(H,42,48)(H,43,49). The number of likely N-dealkylation sites (N-methyl/N-ethyl adjacent to an activating group) is 2. The molecule has 52 heavy (non-hydrogen) atoms. The van der Waals surface area contributed by atoms with Crippen molar-refractivity contribution >= 4 is 23.6 Å². The molecule has 1 aliphatic heterocycles. The highest BCUT2D eigenvalue weighted by Crippen LogP contribution is 2.29. The number of hydrogen-bond donors (Lipinski definition) is 4. The number of carbonyl (C=O) groups excluding carboxylic acids is 4. The largest absolute Gasteiger partial charge is 0.386 e. The Kier molecular flexibility index (Phi) is 18.7. The lowest BCUT2D eigenvalue weighted by molar-refractivity contribution is -0.150. The molecule has 1 heterocycles. The highest BCUT2D eigenvalue weighted by Gasteiger charge is 2.42. The molecule has 2 rings (SSSR count). The zero-order valence-corrected chi connectivity index (χ0v) is 33.8. The Labute approximate surface area is 313 Å². The van der Waals surface area contributed by atoms with Gasteiger partial charge in [-0.25, -0.2) is 0 Å². The van der Waals surface area contributed by atoms with Crippen LogP contribution in [0.1, 0.15) is 99.2 Å². The van der Waals surface area contributed by atoms with E-state index in [9.17, 15) is 24.3 Å². The van der Waals surface area contributed by atoms with Crippen molar-refractivity contribution in [2.24, 2.45) is 23.7 Å². The van der Waals surface area contributed by atoms with Gasteiger partial charge in [-0.05, 0) is 56.6 Å². The van der Waals surface area contributed by atoms with E-state index in [0.29, 0.717) is 18.5 Å². The van der Waals surface area contributed by atoms with E-state index in [1.54, 1.807) is 47.1 Å². The maximum atomic E-state index is 14.3. The van der Waals surface area contributed by atoms with Crippen LogP contribution in [-0.2, 0) is 28.7 Å². The molecule has 0 aliphatic carbocycles. The van der Waals surface area contributed by atoms with Gasteiger partial charge in [0.25, 0.3) is 0 Å². The summed E-state index contributed by atoms with van der Waals surface area (Å²) >= 11 is 0. The van der Waals surface area contributed by atoms with E-state index in [1.165, 1.54) is 0 Å². The molecule has 296 valence electrons. The number of methoxy groups -OCH3 is 2. The van der Waals surface area contributed by atoms with Gasteiger partial charge in [-0.15, -0.1) is 0 Å². The number of ether oxygens (including phenoxy) is 2. The molecular formula is C40H69N5O7. The predicted octanol–water partition coefficient (Wildman–Crippen LogP) is 3.92. The fraction of sp³-hybridized carbons (Fsp3) is 0.750. The average molecular weight is 732 g/mol. The Morgan fingerprint density at radius 2 is 1.52 bits per heavy atom. The first-order valence-corrected chi connectivity index (χ1v) is 19.2. The monoisotopic (exact) mass is 732 g/mol. The lowest BCUT2D eigenvalue weighted by atomic mass is 9.87. The van der Waals surface area contributed by atoms with Gasteiger partial charge in [0.05, 0.1) is 54.8 Å². The number of carbonyl (C=O) groups is 4. The third-order valence-electron chi connectivity index (χ3n) is 11.0. The van der Waals surface area contributed by atoms with E-state index >= 15 is 0 Å². The van der Waals surface area contributed by atoms with Crippen LogP contribution in [0.4, 0.5) is 0 Å². The van der Waals surface area contributed by atoms with Crippen LogP contribution < -0.4 is 16.0 Å². The zero-order valence-electron chi connectivity index (χ0n) is 33.8. The smallest absolute Gasteiger partial charge is 0.245 e. The van der Waals surface area contributed by atoms with Gasteiger partial charge in [-0.3, -0.25) is 19.2 Å². The minimum absolute atomic E-state index is 0.0169. The van der Waals surface area contributed by atoms with Crippen LogP contribution in [0.5, 0.6) is 0 Å². The van der Waals surface area contributed by atoms with Crippen LogP contribution in [0.25, 0.3) is 0 Å². The van der Waals surface area contributed by atoms with Crippen LogP contribution >= 0.6 is 0 Å². The maximum absolute atomic E-state index is 14.3. The van der Waals surface area contributed by atoms with Crippen molar-refractivity contribution < 1.29 is 33.8 Å². The summed E-state index contributed by atoms with van der Waals surface area (Å²) in [6, 6.07) is 6.67. The van der Waals surface area contributed by atoms with Crippen molar-refractivity contribution in [2.45, 2.75) is 136 Å². The van der Waals surface area contributed by atoms with Gasteiger partial charge < -0.3 is 40.3 Å². The summed E-state index contributed by atoms with van der Waals surface area (Å²) in [5.41, 5.74) is 0.712. The highest BCUT2D eigenvalue weighted by atomic mass is 16.5. The molecule has 1 saturated heterocycles. The van der Waals surface area contributed by atoms with Gasteiger partial charge in [0.1, 0.15) is 6.04 Å². The SMILES string of the molecule is CCC(C)C(C(CC(=O)N1CCCCC1C(OC)C(C)C(=O)NC(C)C(O)c1ccccc1)OC)N(C)C(=O)C(NC(=O)C(NC)C(C)C)C(C)C.